The minimum Gasteiger partial charge on any atom is -0.497 e. The van der Waals surface area contributed by atoms with E-state index < -0.39 is 11.7 Å². The Hall–Kier alpha value is -3.42. The first-order chi connectivity index (χ1) is 16.1. The Labute approximate surface area is 201 Å². The zero-order valence-electron chi connectivity index (χ0n) is 20.7. The second kappa shape index (κ2) is 10.7. The zero-order valence-corrected chi connectivity index (χ0v) is 20.7. The van der Waals surface area contributed by atoms with E-state index in [0.29, 0.717) is 42.2 Å². The largest absolute Gasteiger partial charge is 0.497 e. The van der Waals surface area contributed by atoms with Crippen LogP contribution in [0.15, 0.2) is 42.5 Å². The summed E-state index contributed by atoms with van der Waals surface area (Å²) in [5.74, 6) is 1.92. The van der Waals surface area contributed by atoms with Crippen molar-refractivity contribution in [1.82, 2.24) is 10.2 Å². The number of benzene rings is 2. The number of nitrogens with one attached hydrogen (secondary N) is 1. The van der Waals surface area contributed by atoms with Crippen LogP contribution < -0.4 is 19.5 Å². The standard InChI is InChI=1S/C26H34N2O6/c1-26(2,3)34-25(30)27-19-13-20(14-19)28(24(29)17-7-10-21(31-4)11-8-17)16-18-9-12-22(32-5)15-23(18)33-6/h7-12,15,19-20H,13-14,16H2,1-6H3,(H,27,30). The van der Waals surface area contributed by atoms with Gasteiger partial charge < -0.3 is 29.2 Å². The van der Waals surface area contributed by atoms with E-state index in [0.717, 1.165) is 5.56 Å². The van der Waals surface area contributed by atoms with Gasteiger partial charge in [0.1, 0.15) is 22.8 Å². The lowest BCUT2D eigenvalue weighted by Gasteiger charge is -2.43. The Morgan fingerprint density at radius 2 is 1.56 bits per heavy atom. The van der Waals surface area contributed by atoms with Crippen LogP contribution in [0.1, 0.15) is 49.5 Å². The number of hydrogen-bond donors (Lipinski definition) is 1. The number of nitrogens with zero attached hydrogens (tertiary/aromatic N) is 1. The molecule has 1 aliphatic carbocycles. The summed E-state index contributed by atoms with van der Waals surface area (Å²) >= 11 is 0. The molecule has 0 unspecified atom stereocenters. The second-order valence-electron chi connectivity index (χ2n) is 9.31. The van der Waals surface area contributed by atoms with E-state index in [4.69, 9.17) is 18.9 Å². The van der Waals surface area contributed by atoms with Crippen molar-refractivity contribution in [2.75, 3.05) is 21.3 Å². The summed E-state index contributed by atoms with van der Waals surface area (Å²) in [7, 11) is 4.78. The molecule has 1 N–H and O–H groups in total. The van der Waals surface area contributed by atoms with E-state index >= 15 is 0 Å². The fraction of sp³-hybridized carbons (Fsp3) is 0.462. The van der Waals surface area contributed by atoms with Gasteiger partial charge in [0.05, 0.1) is 21.3 Å². The van der Waals surface area contributed by atoms with E-state index in [2.05, 4.69) is 5.32 Å². The molecule has 0 atom stereocenters. The molecule has 3 rings (SSSR count). The Morgan fingerprint density at radius 1 is 0.941 bits per heavy atom. The number of ether oxygens (including phenoxy) is 4. The third-order valence-electron chi connectivity index (χ3n) is 5.71. The van der Waals surface area contributed by atoms with Crippen LogP contribution in [-0.2, 0) is 11.3 Å². The normalized spacial score (nSPS) is 17.2. The summed E-state index contributed by atoms with van der Waals surface area (Å²) < 4.78 is 21.4. The summed E-state index contributed by atoms with van der Waals surface area (Å²) in [4.78, 5) is 27.5. The van der Waals surface area contributed by atoms with Gasteiger partial charge in [-0.25, -0.2) is 4.79 Å². The summed E-state index contributed by atoms with van der Waals surface area (Å²) in [5, 5.41) is 2.90. The third-order valence-corrected chi connectivity index (χ3v) is 5.71. The summed E-state index contributed by atoms with van der Waals surface area (Å²) in [6, 6.07) is 12.5. The summed E-state index contributed by atoms with van der Waals surface area (Å²) in [6.07, 6.45) is 0.833. The molecule has 2 amide bonds. The van der Waals surface area contributed by atoms with Gasteiger partial charge in [0.25, 0.3) is 5.91 Å². The first-order valence-corrected chi connectivity index (χ1v) is 11.3. The maximum absolute atomic E-state index is 13.5. The molecule has 184 valence electrons. The summed E-state index contributed by atoms with van der Waals surface area (Å²) in [6.45, 7) is 5.84. The Bertz CT molecular complexity index is 993. The molecule has 0 saturated heterocycles. The number of carbonyl (C=O) groups is 2. The van der Waals surface area contributed by atoms with Gasteiger partial charge in [-0.3, -0.25) is 4.79 Å². The molecule has 1 fully saturated rings. The Morgan fingerprint density at radius 3 is 2.12 bits per heavy atom. The van der Waals surface area contributed by atoms with Crippen LogP contribution in [0.4, 0.5) is 4.79 Å². The highest BCUT2D eigenvalue weighted by Crippen LogP contribution is 2.32. The monoisotopic (exact) mass is 470 g/mol. The van der Waals surface area contributed by atoms with Crippen LogP contribution in [0.25, 0.3) is 0 Å². The Balaban J connectivity index is 1.78. The first kappa shape index (κ1) is 25.2. The number of amides is 2. The van der Waals surface area contributed by atoms with Crippen molar-refractivity contribution in [1.29, 1.82) is 0 Å². The number of rotatable bonds is 8. The van der Waals surface area contributed by atoms with E-state index in [9.17, 15) is 9.59 Å². The van der Waals surface area contributed by atoms with Crippen LogP contribution in [0.5, 0.6) is 17.2 Å². The average molecular weight is 471 g/mol. The van der Waals surface area contributed by atoms with Gasteiger partial charge in [-0.15, -0.1) is 0 Å². The van der Waals surface area contributed by atoms with Crippen molar-refractivity contribution < 1.29 is 28.5 Å². The van der Waals surface area contributed by atoms with Crippen molar-refractivity contribution in [3.8, 4) is 17.2 Å². The first-order valence-electron chi connectivity index (χ1n) is 11.3. The second-order valence-corrected chi connectivity index (χ2v) is 9.31. The van der Waals surface area contributed by atoms with Gasteiger partial charge in [0.15, 0.2) is 0 Å². The Kier molecular flexibility index (Phi) is 7.91. The minimum absolute atomic E-state index is 0.0404. The fourth-order valence-electron chi connectivity index (χ4n) is 3.87. The molecule has 0 aliphatic heterocycles. The van der Waals surface area contributed by atoms with Crippen molar-refractivity contribution in [3.63, 3.8) is 0 Å². The quantitative estimate of drug-likeness (QED) is 0.615. The SMILES string of the molecule is COc1ccc(C(=O)N(Cc2ccc(OC)cc2OC)C2CC(NC(=O)OC(C)(C)C)C2)cc1. The molecule has 2 aromatic carbocycles. The molecule has 0 spiro atoms. The molecule has 1 aliphatic rings. The maximum Gasteiger partial charge on any atom is 0.407 e. The van der Waals surface area contributed by atoms with Crippen molar-refractivity contribution >= 4 is 12.0 Å². The molecular weight excluding hydrogens is 436 g/mol. The van der Waals surface area contributed by atoms with Gasteiger partial charge in [-0.05, 0) is 70.0 Å². The number of carbonyl (C=O) groups excluding carboxylic acids is 2. The molecule has 0 radical (unpaired) electrons. The number of methoxy groups -OCH3 is 3. The van der Waals surface area contributed by atoms with Crippen LogP contribution >= 0.6 is 0 Å². The third kappa shape index (κ3) is 6.34. The van der Waals surface area contributed by atoms with Crippen LogP contribution in [0, 0.1) is 0 Å². The van der Waals surface area contributed by atoms with Gasteiger partial charge >= 0.3 is 6.09 Å². The lowest BCUT2D eigenvalue weighted by molar-refractivity contribution is 0.0350. The lowest BCUT2D eigenvalue weighted by atomic mass is 9.84. The van der Waals surface area contributed by atoms with E-state index in [-0.39, 0.29) is 18.0 Å². The van der Waals surface area contributed by atoms with Crippen molar-refractivity contribution in [2.24, 2.45) is 0 Å². The number of alkyl carbamates (subject to hydrolysis) is 1. The molecule has 1 saturated carbocycles. The van der Waals surface area contributed by atoms with E-state index in [1.165, 1.54) is 0 Å². The molecular formula is C26H34N2O6. The van der Waals surface area contributed by atoms with Gasteiger partial charge in [-0.1, -0.05) is 0 Å². The molecule has 34 heavy (non-hydrogen) atoms. The summed E-state index contributed by atoms with van der Waals surface area (Å²) in [5.41, 5.74) is 0.875. The topological polar surface area (TPSA) is 86.3 Å². The number of hydrogen-bond acceptors (Lipinski definition) is 6. The smallest absolute Gasteiger partial charge is 0.407 e. The molecule has 8 nitrogen and oxygen atoms in total. The fourth-order valence-corrected chi connectivity index (χ4v) is 3.87. The predicted octanol–water partition coefficient (Wildman–Crippen LogP) is 4.41. The molecule has 0 heterocycles. The van der Waals surface area contributed by atoms with Gasteiger partial charge in [0.2, 0.25) is 0 Å². The molecule has 0 bridgehead atoms. The van der Waals surface area contributed by atoms with Crippen molar-refractivity contribution in [2.45, 2.75) is 57.8 Å². The average Bonchev–Trinajstić information content (AvgIpc) is 2.78. The van der Waals surface area contributed by atoms with E-state index in [1.54, 1.807) is 51.7 Å². The highest BCUT2D eigenvalue weighted by Gasteiger charge is 2.38. The minimum atomic E-state index is -0.561. The van der Waals surface area contributed by atoms with Crippen LogP contribution in [0.3, 0.4) is 0 Å². The molecule has 0 aromatic heterocycles. The highest BCUT2D eigenvalue weighted by atomic mass is 16.6. The maximum atomic E-state index is 13.5. The van der Waals surface area contributed by atoms with E-state index in [1.807, 2.05) is 37.8 Å². The molecule has 2 aromatic rings. The van der Waals surface area contributed by atoms with Crippen LogP contribution in [0.2, 0.25) is 0 Å². The van der Waals surface area contributed by atoms with Gasteiger partial charge in [0, 0.05) is 35.8 Å². The van der Waals surface area contributed by atoms with Crippen molar-refractivity contribution in [3.05, 3.63) is 53.6 Å². The predicted molar refractivity (Wildman–Crippen MR) is 129 cm³/mol. The lowest BCUT2D eigenvalue weighted by Crippen LogP contribution is -2.55. The van der Waals surface area contributed by atoms with Crippen LogP contribution in [-0.4, -0.2) is 55.9 Å². The highest BCUT2D eigenvalue weighted by molar-refractivity contribution is 5.94. The molecule has 8 heteroatoms. The zero-order chi connectivity index (χ0) is 24.9. The van der Waals surface area contributed by atoms with Gasteiger partial charge in [-0.2, -0.15) is 0 Å².